The topological polar surface area (TPSA) is 12.0 Å². The van der Waals surface area contributed by atoms with Crippen LogP contribution in [0.5, 0.6) is 0 Å². The largest absolute Gasteiger partial charge is 0.384 e. The van der Waals surface area contributed by atoms with E-state index in [4.69, 9.17) is 0 Å². The number of allylic oxidation sites excluding steroid dienone is 5. The molecule has 0 spiro atoms. The van der Waals surface area contributed by atoms with Gasteiger partial charge in [0.1, 0.15) is 0 Å². The van der Waals surface area contributed by atoms with E-state index in [1.807, 2.05) is 6.08 Å². The molecular weight excluding hydrogens is 230 g/mol. The Morgan fingerprint density at radius 2 is 2.21 bits per heavy atom. The maximum absolute atomic E-state index is 4.13. The third kappa shape index (κ3) is 3.41. The van der Waals surface area contributed by atoms with Crippen molar-refractivity contribution in [2.24, 2.45) is 17.8 Å². The molecule has 2 aliphatic carbocycles. The molecule has 0 amide bonds. The van der Waals surface area contributed by atoms with Crippen LogP contribution in [0.4, 0.5) is 0 Å². The summed E-state index contributed by atoms with van der Waals surface area (Å²) in [6.07, 6.45) is 10.7. The Morgan fingerprint density at radius 3 is 2.89 bits per heavy atom. The molecule has 1 N–H and O–H groups in total. The standard InChI is InChI=1S/C18H23N/c1-5-15-6-9-17-10-7-16(12-15)8-11-18(17)19-14(4)13(2)3/h5-6,9,12-13,16-19H,1,4,8,11H2,2-3H3/b9-6-,15-12-. The lowest BCUT2D eigenvalue weighted by atomic mass is 9.95. The van der Waals surface area contributed by atoms with Gasteiger partial charge in [0.2, 0.25) is 0 Å². The minimum Gasteiger partial charge on any atom is -0.384 e. The molecular formula is C18H23N. The minimum absolute atomic E-state index is 0.268. The summed E-state index contributed by atoms with van der Waals surface area (Å²) in [4.78, 5) is 0. The number of hydrogen-bond donors (Lipinski definition) is 1. The summed E-state index contributed by atoms with van der Waals surface area (Å²) in [5, 5.41) is 3.58. The average molecular weight is 253 g/mol. The highest BCUT2D eigenvalue weighted by molar-refractivity contribution is 5.37. The monoisotopic (exact) mass is 253 g/mol. The zero-order valence-electron chi connectivity index (χ0n) is 11.9. The highest BCUT2D eigenvalue weighted by atomic mass is 14.9. The molecule has 0 heterocycles. The molecule has 1 nitrogen and oxygen atoms in total. The Morgan fingerprint density at radius 1 is 1.42 bits per heavy atom. The van der Waals surface area contributed by atoms with Crippen molar-refractivity contribution in [2.75, 3.05) is 0 Å². The first-order chi connectivity index (χ1) is 9.10. The molecule has 0 saturated heterocycles. The highest BCUT2D eigenvalue weighted by Gasteiger charge is 2.23. The van der Waals surface area contributed by atoms with Gasteiger partial charge in [-0.1, -0.05) is 63.2 Å². The zero-order valence-corrected chi connectivity index (χ0v) is 11.9. The molecule has 0 aromatic heterocycles. The molecule has 2 rings (SSSR count). The van der Waals surface area contributed by atoms with Gasteiger partial charge in [0.25, 0.3) is 0 Å². The molecule has 100 valence electrons. The molecule has 0 saturated carbocycles. The van der Waals surface area contributed by atoms with Crippen molar-refractivity contribution in [3.05, 3.63) is 48.7 Å². The molecule has 0 aromatic carbocycles. The summed E-state index contributed by atoms with van der Waals surface area (Å²) in [7, 11) is 0. The van der Waals surface area contributed by atoms with Gasteiger partial charge in [0, 0.05) is 17.7 Å². The van der Waals surface area contributed by atoms with Crippen LogP contribution in [-0.2, 0) is 0 Å². The lowest BCUT2D eigenvalue weighted by molar-refractivity contribution is 0.440. The van der Waals surface area contributed by atoms with Crippen molar-refractivity contribution >= 4 is 0 Å². The van der Waals surface area contributed by atoms with E-state index in [2.05, 4.69) is 62.4 Å². The van der Waals surface area contributed by atoms with E-state index in [1.165, 1.54) is 5.57 Å². The normalized spacial score (nSPS) is 33.0. The fraction of sp³-hybridized carbons (Fsp3) is 0.444. The van der Waals surface area contributed by atoms with E-state index in [-0.39, 0.29) is 5.92 Å². The summed E-state index contributed by atoms with van der Waals surface area (Å²) < 4.78 is 0. The molecule has 0 aliphatic heterocycles. The lowest BCUT2D eigenvalue weighted by Crippen LogP contribution is -2.35. The van der Waals surface area contributed by atoms with Gasteiger partial charge in [-0.3, -0.25) is 0 Å². The molecule has 0 radical (unpaired) electrons. The first kappa shape index (κ1) is 13.7. The van der Waals surface area contributed by atoms with Crippen molar-refractivity contribution in [1.82, 2.24) is 5.32 Å². The van der Waals surface area contributed by atoms with Gasteiger partial charge in [0.15, 0.2) is 0 Å². The Kier molecular flexibility index (Phi) is 4.32. The molecule has 2 aliphatic rings. The Labute approximate surface area is 117 Å². The van der Waals surface area contributed by atoms with Crippen LogP contribution < -0.4 is 5.32 Å². The van der Waals surface area contributed by atoms with E-state index in [1.54, 1.807) is 0 Å². The first-order valence-corrected chi connectivity index (χ1v) is 7.09. The highest BCUT2D eigenvalue weighted by Crippen LogP contribution is 2.25. The van der Waals surface area contributed by atoms with E-state index >= 15 is 0 Å². The van der Waals surface area contributed by atoms with Crippen LogP contribution in [0.1, 0.15) is 26.7 Å². The molecule has 1 heteroatoms. The van der Waals surface area contributed by atoms with E-state index in [9.17, 15) is 0 Å². The van der Waals surface area contributed by atoms with Gasteiger partial charge < -0.3 is 5.32 Å². The SMILES string of the molecule is C=CC1=C/C2C#CC(/C=C\1)C(NC(=C)C(C)C)CC2. The summed E-state index contributed by atoms with van der Waals surface area (Å²) >= 11 is 0. The van der Waals surface area contributed by atoms with Gasteiger partial charge in [-0.05, 0) is 24.3 Å². The Balaban J connectivity index is 2.18. The third-order valence-corrected chi connectivity index (χ3v) is 3.85. The first-order valence-electron chi connectivity index (χ1n) is 7.09. The van der Waals surface area contributed by atoms with Crippen LogP contribution in [0.3, 0.4) is 0 Å². The fourth-order valence-corrected chi connectivity index (χ4v) is 2.43. The summed E-state index contributed by atoms with van der Waals surface area (Å²) in [6.45, 7) is 12.3. The maximum Gasteiger partial charge on any atom is 0.0587 e. The van der Waals surface area contributed by atoms with Crippen LogP contribution >= 0.6 is 0 Å². The fourth-order valence-electron chi connectivity index (χ4n) is 2.43. The second-order valence-electron chi connectivity index (χ2n) is 5.66. The number of fused-ring (bicyclic) bond motifs is 2. The van der Waals surface area contributed by atoms with Crippen molar-refractivity contribution in [1.29, 1.82) is 0 Å². The molecule has 0 aromatic rings. The summed E-state index contributed by atoms with van der Waals surface area (Å²) in [5.41, 5.74) is 2.30. The predicted molar refractivity (Wildman–Crippen MR) is 82.3 cm³/mol. The second-order valence-corrected chi connectivity index (χ2v) is 5.66. The van der Waals surface area contributed by atoms with Gasteiger partial charge in [-0.2, -0.15) is 0 Å². The van der Waals surface area contributed by atoms with Crippen LogP contribution in [0.2, 0.25) is 0 Å². The minimum atomic E-state index is 0.268. The maximum atomic E-state index is 4.13. The van der Waals surface area contributed by atoms with Gasteiger partial charge in [-0.15, -0.1) is 0 Å². The van der Waals surface area contributed by atoms with Crippen LogP contribution in [-0.4, -0.2) is 6.04 Å². The van der Waals surface area contributed by atoms with Crippen molar-refractivity contribution in [3.63, 3.8) is 0 Å². The molecule has 2 bridgehead atoms. The van der Waals surface area contributed by atoms with Crippen LogP contribution in [0.25, 0.3) is 0 Å². The summed E-state index contributed by atoms with van der Waals surface area (Å²) in [5.74, 6) is 7.88. The Bertz CT molecular complexity index is 482. The number of nitrogens with one attached hydrogen (secondary N) is 1. The number of rotatable bonds is 4. The summed E-state index contributed by atoms with van der Waals surface area (Å²) in [6, 6.07) is 0.376. The lowest BCUT2D eigenvalue weighted by Gasteiger charge is -2.25. The molecule has 3 unspecified atom stereocenters. The second kappa shape index (κ2) is 5.97. The molecule has 3 atom stereocenters. The predicted octanol–water partition coefficient (Wildman–Crippen LogP) is 3.83. The van der Waals surface area contributed by atoms with Gasteiger partial charge in [-0.25, -0.2) is 0 Å². The van der Waals surface area contributed by atoms with Crippen molar-refractivity contribution in [3.8, 4) is 11.8 Å². The third-order valence-electron chi connectivity index (χ3n) is 3.85. The van der Waals surface area contributed by atoms with Crippen LogP contribution in [0, 0.1) is 29.6 Å². The van der Waals surface area contributed by atoms with Crippen molar-refractivity contribution in [2.45, 2.75) is 32.7 Å². The quantitative estimate of drug-likeness (QED) is 0.751. The molecule has 19 heavy (non-hydrogen) atoms. The smallest absolute Gasteiger partial charge is 0.0587 e. The van der Waals surface area contributed by atoms with Crippen LogP contribution in [0.15, 0.2) is 48.7 Å². The van der Waals surface area contributed by atoms with Gasteiger partial charge in [0.05, 0.1) is 5.92 Å². The van der Waals surface area contributed by atoms with E-state index in [0.29, 0.717) is 17.9 Å². The van der Waals surface area contributed by atoms with E-state index in [0.717, 1.165) is 18.5 Å². The van der Waals surface area contributed by atoms with Crippen molar-refractivity contribution < 1.29 is 0 Å². The molecule has 0 fully saturated rings. The zero-order chi connectivity index (χ0) is 13.8. The van der Waals surface area contributed by atoms with Gasteiger partial charge >= 0.3 is 0 Å². The number of hydrogen-bond acceptors (Lipinski definition) is 1. The van der Waals surface area contributed by atoms with E-state index < -0.39 is 0 Å². The average Bonchev–Trinajstić information content (AvgIpc) is 2.49. The Hall–Kier alpha value is -1.68.